The number of amides is 3. The number of hydrogen-bond acceptors (Lipinski definition) is 5. The highest BCUT2D eigenvalue weighted by molar-refractivity contribution is 6.00. The number of para-hydroxylation sites is 1. The van der Waals surface area contributed by atoms with E-state index in [1.54, 1.807) is 12.1 Å². The minimum absolute atomic E-state index is 0.0832. The van der Waals surface area contributed by atoms with Crippen molar-refractivity contribution < 1.29 is 9.59 Å². The SMILES string of the molecule is CNC(=O)c1nc(Nc2ccc(NC(=O)Nc3cccc(C)c3)cc2)c2ccccc2n1. The number of nitrogens with one attached hydrogen (secondary N) is 4. The maximum absolute atomic E-state index is 12.3. The Morgan fingerprint density at radius 2 is 1.50 bits per heavy atom. The number of carbonyl (C=O) groups is 2. The maximum Gasteiger partial charge on any atom is 0.323 e. The third-order valence-corrected chi connectivity index (χ3v) is 4.71. The van der Waals surface area contributed by atoms with E-state index in [0.29, 0.717) is 17.0 Å². The summed E-state index contributed by atoms with van der Waals surface area (Å²) in [5.74, 6) is 0.241. The van der Waals surface area contributed by atoms with E-state index in [0.717, 1.165) is 22.3 Å². The Morgan fingerprint density at radius 1 is 0.781 bits per heavy atom. The zero-order valence-electron chi connectivity index (χ0n) is 17.6. The molecule has 8 heteroatoms. The topological polar surface area (TPSA) is 108 Å². The van der Waals surface area contributed by atoms with E-state index >= 15 is 0 Å². The number of benzene rings is 3. The molecule has 0 aliphatic rings. The first-order valence-electron chi connectivity index (χ1n) is 10.0. The summed E-state index contributed by atoms with van der Waals surface area (Å²) in [5, 5.41) is 12.2. The van der Waals surface area contributed by atoms with E-state index in [4.69, 9.17) is 0 Å². The predicted octanol–water partition coefficient (Wildman–Crippen LogP) is 4.69. The van der Waals surface area contributed by atoms with Crippen molar-refractivity contribution in [3.63, 3.8) is 0 Å². The van der Waals surface area contributed by atoms with Crippen LogP contribution in [0.15, 0.2) is 72.8 Å². The number of anilines is 4. The van der Waals surface area contributed by atoms with Crippen molar-refractivity contribution in [2.75, 3.05) is 23.0 Å². The van der Waals surface area contributed by atoms with Gasteiger partial charge in [-0.15, -0.1) is 0 Å². The molecule has 4 aromatic rings. The smallest absolute Gasteiger partial charge is 0.323 e. The minimum Gasteiger partial charge on any atom is -0.352 e. The molecule has 1 heterocycles. The molecule has 1 aromatic heterocycles. The Morgan fingerprint density at radius 3 is 2.25 bits per heavy atom. The molecule has 0 fully saturated rings. The molecule has 0 bridgehead atoms. The molecule has 0 aliphatic carbocycles. The first-order chi connectivity index (χ1) is 15.5. The van der Waals surface area contributed by atoms with Crippen LogP contribution in [-0.2, 0) is 0 Å². The third kappa shape index (κ3) is 4.81. The quantitative estimate of drug-likeness (QED) is 0.370. The zero-order valence-corrected chi connectivity index (χ0v) is 17.6. The fourth-order valence-corrected chi connectivity index (χ4v) is 3.18. The molecule has 32 heavy (non-hydrogen) atoms. The number of fused-ring (bicyclic) bond motifs is 1. The molecule has 4 N–H and O–H groups in total. The lowest BCUT2D eigenvalue weighted by atomic mass is 10.2. The second kappa shape index (κ2) is 9.13. The fraction of sp³-hybridized carbons (Fsp3) is 0.0833. The van der Waals surface area contributed by atoms with Gasteiger partial charge in [0.2, 0.25) is 5.82 Å². The van der Waals surface area contributed by atoms with E-state index in [-0.39, 0.29) is 17.8 Å². The minimum atomic E-state index is -0.363. The summed E-state index contributed by atoms with van der Waals surface area (Å²) in [6.07, 6.45) is 0. The molecule has 0 unspecified atom stereocenters. The number of carbonyl (C=O) groups excluding carboxylic acids is 2. The van der Waals surface area contributed by atoms with Crippen LogP contribution in [0.2, 0.25) is 0 Å². The highest BCUT2D eigenvalue weighted by atomic mass is 16.2. The summed E-state index contributed by atoms with van der Waals surface area (Å²) in [6, 6.07) is 21.9. The molecule has 0 aliphatic heterocycles. The molecule has 0 atom stereocenters. The molecule has 0 saturated carbocycles. The summed E-state index contributed by atoms with van der Waals surface area (Å²) in [6.45, 7) is 1.97. The van der Waals surface area contributed by atoms with E-state index in [9.17, 15) is 9.59 Å². The summed E-state index contributed by atoms with van der Waals surface area (Å²) in [7, 11) is 1.54. The number of nitrogens with zero attached hydrogens (tertiary/aromatic N) is 2. The van der Waals surface area contributed by atoms with Gasteiger partial charge in [0.1, 0.15) is 5.82 Å². The molecule has 8 nitrogen and oxygen atoms in total. The van der Waals surface area contributed by atoms with Gasteiger partial charge in [-0.1, -0.05) is 24.3 Å². The largest absolute Gasteiger partial charge is 0.352 e. The Bertz CT molecular complexity index is 1290. The molecular formula is C24H22N6O2. The summed E-state index contributed by atoms with van der Waals surface area (Å²) >= 11 is 0. The van der Waals surface area contributed by atoms with Gasteiger partial charge in [0, 0.05) is 29.5 Å². The van der Waals surface area contributed by atoms with E-state index in [1.807, 2.05) is 67.6 Å². The van der Waals surface area contributed by atoms with Crippen LogP contribution in [-0.4, -0.2) is 29.0 Å². The van der Waals surface area contributed by atoms with Crippen molar-refractivity contribution >= 4 is 45.7 Å². The Balaban J connectivity index is 1.49. The van der Waals surface area contributed by atoms with E-state index in [1.165, 1.54) is 7.05 Å². The molecule has 0 saturated heterocycles. The van der Waals surface area contributed by atoms with Crippen LogP contribution < -0.4 is 21.3 Å². The van der Waals surface area contributed by atoms with Crippen molar-refractivity contribution in [3.8, 4) is 0 Å². The van der Waals surface area contributed by atoms with Crippen LogP contribution in [0.1, 0.15) is 16.2 Å². The van der Waals surface area contributed by atoms with Gasteiger partial charge in [-0.05, 0) is 61.0 Å². The lowest BCUT2D eigenvalue weighted by Gasteiger charge is -2.12. The van der Waals surface area contributed by atoms with Gasteiger partial charge in [0.25, 0.3) is 5.91 Å². The van der Waals surface area contributed by atoms with Gasteiger partial charge in [-0.2, -0.15) is 0 Å². The Hall–Kier alpha value is -4.46. The van der Waals surface area contributed by atoms with Gasteiger partial charge < -0.3 is 21.3 Å². The second-order valence-electron chi connectivity index (χ2n) is 7.14. The molecule has 4 rings (SSSR count). The maximum atomic E-state index is 12.3. The van der Waals surface area contributed by atoms with Gasteiger partial charge in [-0.3, -0.25) is 4.79 Å². The number of aromatic nitrogens is 2. The standard InChI is InChI=1S/C24H22N6O2/c1-15-6-5-7-18(14-15)28-24(32)27-17-12-10-16(11-13-17)26-21-19-8-3-4-9-20(19)29-22(30-21)23(31)25-2/h3-14H,1-2H3,(H,25,31)(H,26,29,30)(H2,27,28,32). The van der Waals surface area contributed by atoms with Crippen LogP contribution in [0.3, 0.4) is 0 Å². The van der Waals surface area contributed by atoms with Gasteiger partial charge in [0.05, 0.1) is 5.52 Å². The zero-order chi connectivity index (χ0) is 22.5. The molecule has 0 spiro atoms. The van der Waals surface area contributed by atoms with Crippen molar-refractivity contribution in [1.82, 2.24) is 15.3 Å². The van der Waals surface area contributed by atoms with Gasteiger partial charge in [0.15, 0.2) is 0 Å². The highest BCUT2D eigenvalue weighted by Gasteiger charge is 2.13. The summed E-state index contributed by atoms with van der Waals surface area (Å²) in [5.41, 5.74) is 3.84. The predicted molar refractivity (Wildman–Crippen MR) is 126 cm³/mol. The lowest BCUT2D eigenvalue weighted by Crippen LogP contribution is -2.21. The van der Waals surface area contributed by atoms with Gasteiger partial charge >= 0.3 is 6.03 Å². The first-order valence-corrected chi connectivity index (χ1v) is 10.0. The van der Waals surface area contributed by atoms with E-state index < -0.39 is 0 Å². The van der Waals surface area contributed by atoms with E-state index in [2.05, 4.69) is 31.2 Å². The molecule has 160 valence electrons. The van der Waals surface area contributed by atoms with Crippen LogP contribution in [0, 0.1) is 6.92 Å². The molecular weight excluding hydrogens is 404 g/mol. The molecule has 3 aromatic carbocycles. The number of aryl methyl sites for hydroxylation is 1. The highest BCUT2D eigenvalue weighted by Crippen LogP contribution is 2.25. The lowest BCUT2D eigenvalue weighted by molar-refractivity contribution is 0.0953. The van der Waals surface area contributed by atoms with Crippen LogP contribution in [0.25, 0.3) is 10.9 Å². The average Bonchev–Trinajstić information content (AvgIpc) is 2.79. The molecule has 3 amide bonds. The van der Waals surface area contributed by atoms with Crippen LogP contribution in [0.5, 0.6) is 0 Å². The molecule has 0 radical (unpaired) electrons. The van der Waals surface area contributed by atoms with Crippen molar-refractivity contribution in [2.45, 2.75) is 6.92 Å². The van der Waals surface area contributed by atoms with Crippen LogP contribution >= 0.6 is 0 Å². The number of urea groups is 1. The number of rotatable bonds is 5. The third-order valence-electron chi connectivity index (χ3n) is 4.71. The second-order valence-corrected chi connectivity index (χ2v) is 7.14. The monoisotopic (exact) mass is 426 g/mol. The van der Waals surface area contributed by atoms with Crippen LogP contribution in [0.4, 0.5) is 27.7 Å². The average molecular weight is 426 g/mol. The summed E-state index contributed by atoms with van der Waals surface area (Å²) < 4.78 is 0. The Labute approximate surface area is 185 Å². The summed E-state index contributed by atoms with van der Waals surface area (Å²) in [4.78, 5) is 33.0. The van der Waals surface area contributed by atoms with Gasteiger partial charge in [-0.25, -0.2) is 14.8 Å². The first kappa shape index (κ1) is 20.8. The van der Waals surface area contributed by atoms with Crippen molar-refractivity contribution in [2.24, 2.45) is 0 Å². The number of hydrogen-bond donors (Lipinski definition) is 4. The van der Waals surface area contributed by atoms with Crippen molar-refractivity contribution in [1.29, 1.82) is 0 Å². The van der Waals surface area contributed by atoms with Crippen molar-refractivity contribution in [3.05, 3.63) is 84.2 Å². The normalized spacial score (nSPS) is 10.4. The fourth-order valence-electron chi connectivity index (χ4n) is 3.18. The Kier molecular flexibility index (Phi) is 5.94.